The molecule has 4 aromatic carbocycles. The van der Waals surface area contributed by atoms with E-state index in [0.717, 1.165) is 22.5 Å². The molecule has 1 aliphatic rings. The Hall–Kier alpha value is -4.22. The monoisotopic (exact) mass is 476 g/mol. The summed E-state index contributed by atoms with van der Waals surface area (Å²) in [5, 5.41) is 5.80. The third-order valence-electron chi connectivity index (χ3n) is 6.28. The van der Waals surface area contributed by atoms with Crippen LogP contribution in [0.25, 0.3) is 27.7 Å². The van der Waals surface area contributed by atoms with E-state index in [4.69, 9.17) is 16.6 Å². The van der Waals surface area contributed by atoms with Crippen LogP contribution in [-0.4, -0.2) is 15.3 Å². The van der Waals surface area contributed by atoms with Crippen LogP contribution in [0.3, 0.4) is 0 Å². The van der Waals surface area contributed by atoms with Gasteiger partial charge < -0.3 is 0 Å². The first-order valence-corrected chi connectivity index (χ1v) is 11.8. The van der Waals surface area contributed by atoms with Crippen molar-refractivity contribution in [3.05, 3.63) is 130 Å². The molecule has 0 aliphatic carbocycles. The normalized spacial score (nSPS) is 15.1. The minimum Gasteiger partial charge on any atom is -0.299 e. The summed E-state index contributed by atoms with van der Waals surface area (Å²) in [7, 11) is 0. The average Bonchev–Trinajstić information content (AvgIpc) is 3.40. The van der Waals surface area contributed by atoms with Crippen molar-refractivity contribution in [2.75, 3.05) is 0 Å². The van der Waals surface area contributed by atoms with Crippen molar-refractivity contribution in [2.24, 2.45) is 5.10 Å². The molecule has 0 amide bonds. The molecule has 0 fully saturated rings. The number of hydrogen-bond donors (Lipinski definition) is 1. The lowest BCUT2D eigenvalue weighted by Gasteiger charge is -2.18. The highest BCUT2D eigenvalue weighted by atomic mass is 35.5. The van der Waals surface area contributed by atoms with Crippen molar-refractivity contribution in [3.63, 3.8) is 0 Å². The fourth-order valence-corrected chi connectivity index (χ4v) is 4.61. The van der Waals surface area contributed by atoms with E-state index >= 15 is 0 Å². The zero-order valence-electron chi connectivity index (χ0n) is 18.7. The van der Waals surface area contributed by atoms with Crippen LogP contribution in [-0.2, 0) is 0 Å². The second-order valence-corrected chi connectivity index (χ2v) is 8.93. The van der Waals surface area contributed by atoms with Gasteiger partial charge >= 0.3 is 0 Å². The summed E-state index contributed by atoms with van der Waals surface area (Å²) in [6, 6.07) is 33.1. The number of fused-ring (bicyclic) bond motifs is 1. The molecule has 0 radical (unpaired) electrons. The van der Waals surface area contributed by atoms with Gasteiger partial charge in [-0.25, -0.2) is 4.98 Å². The fourth-order valence-electron chi connectivity index (χ4n) is 4.48. The van der Waals surface area contributed by atoms with Crippen molar-refractivity contribution >= 4 is 28.2 Å². The van der Waals surface area contributed by atoms with E-state index in [2.05, 4.69) is 46.9 Å². The van der Waals surface area contributed by atoms with Crippen LogP contribution in [0.4, 0.5) is 0 Å². The molecule has 0 bridgehead atoms. The molecule has 6 rings (SSSR count). The topological polar surface area (TPSA) is 59.3 Å². The van der Waals surface area contributed by atoms with Gasteiger partial charge in [0.2, 0.25) is 0 Å². The SMILES string of the molecule is O=c1c2ccccc2nc(C2CC(c3ccc(-c4ccccc4)cc3)=NN2)n1-c1ccc(Cl)cc1. The molecule has 0 spiro atoms. The Morgan fingerprint density at radius 1 is 0.771 bits per heavy atom. The lowest BCUT2D eigenvalue weighted by molar-refractivity contribution is 0.565. The molecule has 1 unspecified atom stereocenters. The van der Waals surface area contributed by atoms with Gasteiger partial charge in [-0.2, -0.15) is 5.10 Å². The maximum atomic E-state index is 13.5. The number of hydrogen-bond acceptors (Lipinski definition) is 4. The highest BCUT2D eigenvalue weighted by Gasteiger charge is 2.27. The molecule has 1 aliphatic heterocycles. The summed E-state index contributed by atoms with van der Waals surface area (Å²) in [6.45, 7) is 0. The van der Waals surface area contributed by atoms with E-state index in [9.17, 15) is 4.79 Å². The Balaban J connectivity index is 1.36. The Morgan fingerprint density at radius 2 is 1.43 bits per heavy atom. The average molecular weight is 477 g/mol. The van der Waals surface area contributed by atoms with Crippen LogP contribution < -0.4 is 11.0 Å². The molecule has 0 saturated carbocycles. The van der Waals surface area contributed by atoms with Gasteiger partial charge in [0.15, 0.2) is 0 Å². The van der Waals surface area contributed by atoms with Gasteiger partial charge in [0.05, 0.1) is 22.3 Å². The molecular weight excluding hydrogens is 456 g/mol. The molecule has 0 saturated heterocycles. The predicted molar refractivity (Wildman–Crippen MR) is 141 cm³/mol. The standard InChI is InChI=1S/C29H21ClN4O/c30-22-14-16-23(17-15-22)34-28(31-25-9-5-4-8-24(25)29(34)35)27-18-26(32-33-27)21-12-10-20(11-13-21)19-6-2-1-3-7-19/h1-17,27,33H,18H2. The van der Waals surface area contributed by atoms with Gasteiger partial charge in [-0.1, -0.05) is 78.3 Å². The summed E-state index contributed by atoms with van der Waals surface area (Å²) < 4.78 is 1.66. The van der Waals surface area contributed by atoms with Gasteiger partial charge in [-0.15, -0.1) is 0 Å². The molecule has 5 nitrogen and oxygen atoms in total. The van der Waals surface area contributed by atoms with E-state index in [0.29, 0.717) is 28.2 Å². The van der Waals surface area contributed by atoms with E-state index in [1.165, 1.54) is 5.56 Å². The molecule has 35 heavy (non-hydrogen) atoms. The van der Waals surface area contributed by atoms with Crippen molar-refractivity contribution in [1.82, 2.24) is 15.0 Å². The Labute approximate surface area is 207 Å². The number of nitrogens with zero attached hydrogens (tertiary/aromatic N) is 3. The third-order valence-corrected chi connectivity index (χ3v) is 6.53. The number of para-hydroxylation sites is 1. The Kier molecular flexibility index (Phi) is 5.39. The molecule has 6 heteroatoms. The molecule has 1 aromatic heterocycles. The first kappa shape index (κ1) is 21.3. The van der Waals surface area contributed by atoms with E-state index in [1.807, 2.05) is 48.5 Å². The quantitative estimate of drug-likeness (QED) is 0.338. The number of hydrazone groups is 1. The lowest BCUT2D eigenvalue weighted by Crippen LogP contribution is -2.28. The highest BCUT2D eigenvalue weighted by Crippen LogP contribution is 2.27. The Bertz CT molecular complexity index is 1610. The number of benzene rings is 4. The first-order chi connectivity index (χ1) is 17.2. The van der Waals surface area contributed by atoms with Crippen molar-refractivity contribution < 1.29 is 0 Å². The summed E-state index contributed by atoms with van der Waals surface area (Å²) in [5.74, 6) is 0.621. The second-order valence-electron chi connectivity index (χ2n) is 8.49. The molecule has 1 atom stereocenters. The van der Waals surface area contributed by atoms with Crippen LogP contribution in [0.5, 0.6) is 0 Å². The smallest absolute Gasteiger partial charge is 0.266 e. The fraction of sp³-hybridized carbons (Fsp3) is 0.0690. The van der Waals surface area contributed by atoms with Gasteiger partial charge in [0.25, 0.3) is 5.56 Å². The predicted octanol–water partition coefficient (Wildman–Crippen LogP) is 6.14. The third kappa shape index (κ3) is 4.00. The first-order valence-electron chi connectivity index (χ1n) is 11.4. The highest BCUT2D eigenvalue weighted by molar-refractivity contribution is 6.30. The number of aromatic nitrogens is 2. The maximum absolute atomic E-state index is 13.5. The number of nitrogens with one attached hydrogen (secondary N) is 1. The van der Waals surface area contributed by atoms with Gasteiger partial charge in [-0.3, -0.25) is 14.8 Å². The van der Waals surface area contributed by atoms with Crippen LogP contribution in [0, 0.1) is 0 Å². The number of halogens is 1. The molecule has 2 heterocycles. The van der Waals surface area contributed by atoms with Crippen molar-refractivity contribution in [2.45, 2.75) is 12.5 Å². The van der Waals surface area contributed by atoms with Crippen molar-refractivity contribution in [3.8, 4) is 16.8 Å². The van der Waals surface area contributed by atoms with Crippen LogP contribution in [0.1, 0.15) is 23.9 Å². The zero-order chi connectivity index (χ0) is 23.8. The van der Waals surface area contributed by atoms with E-state index < -0.39 is 0 Å². The van der Waals surface area contributed by atoms with Crippen molar-refractivity contribution in [1.29, 1.82) is 0 Å². The maximum Gasteiger partial charge on any atom is 0.266 e. The Morgan fingerprint density at radius 3 is 2.20 bits per heavy atom. The summed E-state index contributed by atoms with van der Waals surface area (Å²) in [6.07, 6.45) is 0.614. The molecular formula is C29H21ClN4O. The van der Waals surface area contributed by atoms with Crippen LogP contribution in [0.15, 0.2) is 113 Å². The molecule has 170 valence electrons. The second kappa shape index (κ2) is 8.85. The van der Waals surface area contributed by atoms with Crippen LogP contribution in [0.2, 0.25) is 5.02 Å². The van der Waals surface area contributed by atoms with E-state index in [-0.39, 0.29) is 11.6 Å². The largest absolute Gasteiger partial charge is 0.299 e. The minimum absolute atomic E-state index is 0.115. The molecule has 5 aromatic rings. The van der Waals surface area contributed by atoms with E-state index in [1.54, 1.807) is 22.8 Å². The minimum atomic E-state index is -0.244. The summed E-state index contributed by atoms with van der Waals surface area (Å²) in [5.41, 5.74) is 8.80. The lowest BCUT2D eigenvalue weighted by atomic mass is 9.99. The molecule has 1 N–H and O–H groups in total. The number of rotatable bonds is 4. The summed E-state index contributed by atoms with van der Waals surface area (Å²) in [4.78, 5) is 18.4. The summed E-state index contributed by atoms with van der Waals surface area (Å²) >= 11 is 6.10. The van der Waals surface area contributed by atoms with Crippen LogP contribution >= 0.6 is 11.6 Å². The zero-order valence-corrected chi connectivity index (χ0v) is 19.5. The van der Waals surface area contributed by atoms with Gasteiger partial charge in [-0.05, 0) is 53.1 Å². The van der Waals surface area contributed by atoms with Gasteiger partial charge in [0, 0.05) is 11.4 Å². The van der Waals surface area contributed by atoms with Gasteiger partial charge in [0.1, 0.15) is 11.9 Å².